The minimum Gasteiger partial charge on any atom is -0.358 e. The van der Waals surface area contributed by atoms with Crippen LogP contribution in [0.15, 0.2) is 35.5 Å². The van der Waals surface area contributed by atoms with E-state index < -0.39 is 11.5 Å². The Morgan fingerprint density at radius 3 is 2.93 bits per heavy atom. The van der Waals surface area contributed by atoms with E-state index in [2.05, 4.69) is 46.3 Å². The smallest absolute Gasteiger partial charge is 0.352 e. The van der Waals surface area contributed by atoms with E-state index >= 15 is 0 Å². The number of allylic oxidation sites excluding steroid dienone is 2. The van der Waals surface area contributed by atoms with E-state index in [1.165, 1.54) is 6.08 Å². The molecule has 8 nitrogen and oxygen atoms in total. The first-order valence-corrected chi connectivity index (χ1v) is 9.90. The molecule has 0 radical (unpaired) electrons. The second-order valence-electron chi connectivity index (χ2n) is 6.88. The summed E-state index contributed by atoms with van der Waals surface area (Å²) in [5.74, 6) is 0.472. The number of dihydropyridines is 1. The summed E-state index contributed by atoms with van der Waals surface area (Å²) in [5.41, 5.74) is 4.94. The average Bonchev–Trinajstić information content (AvgIpc) is 2.94. The maximum Gasteiger partial charge on any atom is 0.352 e. The lowest BCUT2D eigenvalue weighted by atomic mass is 10.00. The van der Waals surface area contributed by atoms with Crippen molar-refractivity contribution in [3.05, 3.63) is 41.8 Å². The molecular formula is C19H22Cl2N6O2. The fourth-order valence-corrected chi connectivity index (χ4v) is 3.65. The zero-order valence-corrected chi connectivity index (χ0v) is 17.9. The summed E-state index contributed by atoms with van der Waals surface area (Å²) < 4.78 is 1.76. The van der Waals surface area contributed by atoms with Gasteiger partial charge in [-0.15, -0.1) is 6.58 Å². The molecule has 2 aromatic rings. The third-order valence-electron chi connectivity index (χ3n) is 4.28. The van der Waals surface area contributed by atoms with Gasteiger partial charge in [0.15, 0.2) is 5.65 Å². The molecular weight excluding hydrogens is 415 g/mol. The number of aromatic nitrogens is 3. The molecule has 0 saturated heterocycles. The van der Waals surface area contributed by atoms with Crippen molar-refractivity contribution in [2.45, 2.75) is 45.2 Å². The van der Waals surface area contributed by atoms with Gasteiger partial charge in [0, 0.05) is 23.6 Å². The number of urea groups is 1. The summed E-state index contributed by atoms with van der Waals surface area (Å²) >= 11 is 11.8. The molecule has 1 aliphatic rings. The zero-order valence-electron chi connectivity index (χ0n) is 16.4. The molecule has 0 bridgehead atoms. The third-order valence-corrected chi connectivity index (χ3v) is 4.73. The first-order chi connectivity index (χ1) is 13.8. The predicted molar refractivity (Wildman–Crippen MR) is 114 cm³/mol. The number of amides is 2. The van der Waals surface area contributed by atoms with E-state index in [0.29, 0.717) is 24.3 Å². The molecule has 2 aromatic heterocycles. The topological polar surface area (TPSA) is 93.4 Å². The summed E-state index contributed by atoms with van der Waals surface area (Å²) in [6.45, 7) is 10.4. The van der Waals surface area contributed by atoms with Crippen molar-refractivity contribution in [3.8, 4) is 5.88 Å². The highest BCUT2D eigenvalue weighted by Crippen LogP contribution is 2.30. The molecule has 1 atom stereocenters. The van der Waals surface area contributed by atoms with E-state index in [1.807, 2.05) is 6.92 Å². The van der Waals surface area contributed by atoms with E-state index in [-0.39, 0.29) is 17.0 Å². The summed E-state index contributed by atoms with van der Waals surface area (Å²) in [7, 11) is 0. The van der Waals surface area contributed by atoms with Crippen molar-refractivity contribution < 1.29 is 9.63 Å². The largest absolute Gasteiger partial charge is 0.358 e. The first-order valence-electron chi connectivity index (χ1n) is 9.09. The monoisotopic (exact) mass is 436 g/mol. The highest BCUT2D eigenvalue weighted by molar-refractivity contribution is 6.68. The van der Waals surface area contributed by atoms with Crippen molar-refractivity contribution in [2.24, 2.45) is 4.99 Å². The molecule has 0 fully saturated rings. The highest BCUT2D eigenvalue weighted by atomic mass is 35.5. The number of hydrogen-bond acceptors (Lipinski definition) is 5. The number of alkyl halides is 1. The lowest BCUT2D eigenvalue weighted by Gasteiger charge is -2.16. The minimum absolute atomic E-state index is 0.214. The van der Waals surface area contributed by atoms with Gasteiger partial charge in [-0.3, -0.25) is 4.99 Å². The van der Waals surface area contributed by atoms with Gasteiger partial charge in [-0.1, -0.05) is 43.1 Å². The Bertz CT molecular complexity index is 1010. The summed E-state index contributed by atoms with van der Waals surface area (Å²) in [5, 5.41) is 8.38. The molecule has 1 aliphatic heterocycles. The molecule has 154 valence electrons. The average molecular weight is 437 g/mol. The van der Waals surface area contributed by atoms with E-state index in [4.69, 9.17) is 28.0 Å². The van der Waals surface area contributed by atoms with Gasteiger partial charge in [-0.05, 0) is 24.5 Å². The molecule has 0 aromatic carbocycles. The number of aliphatic imine (C=N–C) groups is 1. The van der Waals surface area contributed by atoms with Crippen LogP contribution in [-0.2, 0) is 6.54 Å². The molecule has 3 heterocycles. The number of rotatable bonds is 6. The Labute approximate surface area is 178 Å². The normalized spacial score (nSPS) is 16.4. The van der Waals surface area contributed by atoms with Crippen molar-refractivity contribution in [1.29, 1.82) is 0 Å². The van der Waals surface area contributed by atoms with Crippen LogP contribution in [0.2, 0.25) is 0 Å². The van der Waals surface area contributed by atoms with Crippen molar-refractivity contribution in [2.75, 3.05) is 0 Å². The molecule has 29 heavy (non-hydrogen) atoms. The van der Waals surface area contributed by atoms with Gasteiger partial charge in [-0.25, -0.2) is 9.48 Å². The van der Waals surface area contributed by atoms with Crippen LogP contribution < -0.4 is 15.6 Å². The minimum atomic E-state index is -0.574. The van der Waals surface area contributed by atoms with Gasteiger partial charge >= 0.3 is 6.03 Å². The second-order valence-corrected chi connectivity index (χ2v) is 7.77. The van der Waals surface area contributed by atoms with Gasteiger partial charge in [0.25, 0.3) is 0 Å². The van der Waals surface area contributed by atoms with Gasteiger partial charge < -0.3 is 10.2 Å². The van der Waals surface area contributed by atoms with Crippen LogP contribution in [0.1, 0.15) is 37.4 Å². The molecule has 0 saturated carbocycles. The Kier molecular flexibility index (Phi) is 6.44. The molecule has 2 amide bonds. The quantitative estimate of drug-likeness (QED) is 0.308. The fraction of sp³-hybridized carbons (Fsp3) is 0.368. The standard InChI is InChI=1S/C19H22Cl2N6O2/c1-5-6-27-18-17(11(4)25-27)13(10(2)3)9-16(24-18)29-26-19(28)22-12-7-14(20)23-15(21)8-12/h5,7,9-10,15H,1,6,8H2,2-4H3,(H2,22,26,28). The molecule has 0 aliphatic carbocycles. The van der Waals surface area contributed by atoms with Crippen LogP contribution in [0, 0.1) is 6.92 Å². The number of hydroxylamine groups is 1. The molecule has 10 heteroatoms. The van der Waals surface area contributed by atoms with Crippen LogP contribution in [0.25, 0.3) is 11.0 Å². The number of carbonyl (C=O) groups excluding carboxylic acids is 1. The Balaban J connectivity index is 1.79. The molecule has 0 spiro atoms. The number of pyridine rings is 1. The van der Waals surface area contributed by atoms with Crippen LogP contribution in [0.5, 0.6) is 5.88 Å². The van der Waals surface area contributed by atoms with E-state index in [9.17, 15) is 4.79 Å². The Morgan fingerprint density at radius 2 is 2.28 bits per heavy atom. The summed E-state index contributed by atoms with van der Waals surface area (Å²) in [6, 6.07) is 1.23. The van der Waals surface area contributed by atoms with Gasteiger partial charge in [-0.2, -0.15) is 15.6 Å². The SMILES string of the molecule is C=CCn1nc(C)c2c(C(C)C)cc(ONC(=O)NC3=CC(Cl)=NC(Cl)C3)nc21. The van der Waals surface area contributed by atoms with Crippen LogP contribution in [0.4, 0.5) is 4.79 Å². The second kappa shape index (κ2) is 8.84. The Morgan fingerprint density at radius 1 is 1.52 bits per heavy atom. The number of aryl methyl sites for hydroxylation is 1. The van der Waals surface area contributed by atoms with E-state index in [1.54, 1.807) is 16.8 Å². The summed E-state index contributed by atoms with van der Waals surface area (Å²) in [6.07, 6.45) is 3.64. The van der Waals surface area contributed by atoms with Crippen molar-refractivity contribution in [1.82, 2.24) is 25.6 Å². The van der Waals surface area contributed by atoms with Crippen molar-refractivity contribution in [3.63, 3.8) is 0 Å². The summed E-state index contributed by atoms with van der Waals surface area (Å²) in [4.78, 5) is 26.1. The fourth-order valence-electron chi connectivity index (χ4n) is 3.08. The Hall–Kier alpha value is -2.58. The molecule has 1 unspecified atom stereocenters. The maximum absolute atomic E-state index is 12.2. The predicted octanol–water partition coefficient (Wildman–Crippen LogP) is 4.13. The maximum atomic E-state index is 12.2. The number of nitrogens with one attached hydrogen (secondary N) is 2. The number of nitrogens with zero attached hydrogens (tertiary/aromatic N) is 4. The molecule has 3 rings (SSSR count). The van der Waals surface area contributed by atoms with Gasteiger partial charge in [0.1, 0.15) is 10.7 Å². The lowest BCUT2D eigenvalue weighted by Crippen LogP contribution is -2.38. The zero-order chi connectivity index (χ0) is 21.1. The van der Waals surface area contributed by atoms with Gasteiger partial charge in [0.2, 0.25) is 5.88 Å². The first kappa shape index (κ1) is 21.1. The number of carbonyl (C=O) groups is 1. The lowest BCUT2D eigenvalue weighted by molar-refractivity contribution is 0.175. The van der Waals surface area contributed by atoms with Crippen LogP contribution in [0.3, 0.4) is 0 Å². The highest BCUT2D eigenvalue weighted by Gasteiger charge is 2.19. The van der Waals surface area contributed by atoms with Crippen LogP contribution >= 0.6 is 23.2 Å². The van der Waals surface area contributed by atoms with Crippen molar-refractivity contribution >= 4 is 45.4 Å². The van der Waals surface area contributed by atoms with Gasteiger partial charge in [0.05, 0.1) is 12.2 Å². The molecule has 2 N–H and O–H groups in total. The number of hydrogen-bond donors (Lipinski definition) is 2. The van der Waals surface area contributed by atoms with E-state index in [0.717, 1.165) is 16.6 Å². The van der Waals surface area contributed by atoms with Crippen LogP contribution in [-0.4, -0.2) is 31.5 Å². The number of fused-ring (bicyclic) bond motifs is 1. The third kappa shape index (κ3) is 4.89. The number of halogens is 2.